The lowest BCUT2D eigenvalue weighted by atomic mass is 9.77. The van der Waals surface area contributed by atoms with E-state index in [2.05, 4.69) is 27.3 Å². The van der Waals surface area contributed by atoms with Gasteiger partial charge in [0.1, 0.15) is 5.82 Å². The van der Waals surface area contributed by atoms with Crippen molar-refractivity contribution in [2.75, 3.05) is 23.3 Å². The molecule has 0 bridgehead atoms. The van der Waals surface area contributed by atoms with Gasteiger partial charge < -0.3 is 15.3 Å². The summed E-state index contributed by atoms with van der Waals surface area (Å²) in [6, 6.07) is 18.1. The van der Waals surface area contributed by atoms with Crippen LogP contribution in [0, 0.1) is 11.8 Å². The van der Waals surface area contributed by atoms with Gasteiger partial charge in [-0.05, 0) is 110 Å². The molecule has 4 atom stereocenters. The van der Waals surface area contributed by atoms with Crippen LogP contribution in [0.1, 0.15) is 69.1 Å². The quantitative estimate of drug-likeness (QED) is 0.320. The molecule has 4 nitrogen and oxygen atoms in total. The van der Waals surface area contributed by atoms with Gasteiger partial charge in [-0.3, -0.25) is 0 Å². The van der Waals surface area contributed by atoms with E-state index in [4.69, 9.17) is 0 Å². The Kier molecular flexibility index (Phi) is 8.46. The topological polar surface area (TPSA) is 48.4 Å². The third-order valence-electron chi connectivity index (χ3n) is 8.42. The molecule has 1 aromatic heterocycles. The lowest BCUT2D eigenvalue weighted by Crippen LogP contribution is -2.39. The number of benzene rings is 2. The van der Waals surface area contributed by atoms with Crippen LogP contribution in [0.4, 0.5) is 24.7 Å². The summed E-state index contributed by atoms with van der Waals surface area (Å²) in [5.74, 6) is 1.94. The molecule has 1 aliphatic carbocycles. The first-order valence-corrected chi connectivity index (χ1v) is 14.2. The molecule has 7 heteroatoms. The van der Waals surface area contributed by atoms with Gasteiger partial charge in [0, 0.05) is 31.0 Å². The fraction of sp³-hybridized carbons (Fsp3) is 0.469. The third kappa shape index (κ3) is 6.93. The minimum Gasteiger partial charge on any atom is -0.389 e. The molecule has 5 rings (SSSR count). The van der Waals surface area contributed by atoms with Crippen molar-refractivity contribution in [2.24, 2.45) is 11.8 Å². The number of nitrogens with zero attached hydrogens (tertiary/aromatic N) is 2. The second-order valence-corrected chi connectivity index (χ2v) is 11.3. The first-order chi connectivity index (χ1) is 18.8. The number of alkyl halides is 3. The van der Waals surface area contributed by atoms with Gasteiger partial charge in [-0.1, -0.05) is 31.0 Å². The average Bonchev–Trinajstić information content (AvgIpc) is 2.94. The van der Waals surface area contributed by atoms with Crippen molar-refractivity contribution < 1.29 is 18.3 Å². The molecule has 1 aliphatic heterocycles. The number of anilines is 2. The van der Waals surface area contributed by atoms with Gasteiger partial charge in [0.15, 0.2) is 0 Å². The molecular weight excluding hydrogens is 499 g/mol. The van der Waals surface area contributed by atoms with Crippen molar-refractivity contribution in [1.29, 1.82) is 0 Å². The molecule has 0 amide bonds. The average molecular weight is 538 g/mol. The second-order valence-electron chi connectivity index (χ2n) is 11.3. The number of halogens is 3. The van der Waals surface area contributed by atoms with Crippen LogP contribution in [0.25, 0.3) is 11.1 Å². The molecule has 2 aromatic carbocycles. The lowest BCUT2D eigenvalue weighted by molar-refractivity contribution is -0.137. The minimum absolute atomic E-state index is 0.353. The standard InChI is InChI=1S/C32H38F3N3O/c1-22(39)24-8-4-9-25(19-24)26-15-16-36-31(20-26)37-30-10-3-2-7-27(30)18-23-6-5-17-38(21-23)29-13-11-28(12-14-29)32(33,34)35/h4,8-9,11-16,19-20,22-23,27,30,39H,2-3,5-7,10,17-18,21H2,1H3,(H,36,37)/t22-,23+,27-,30+/m0/s1. The molecular formula is C32H38F3N3O. The van der Waals surface area contributed by atoms with Crippen molar-refractivity contribution in [1.82, 2.24) is 4.98 Å². The molecule has 2 aliphatic rings. The maximum atomic E-state index is 13.0. The van der Waals surface area contributed by atoms with E-state index in [0.29, 0.717) is 17.9 Å². The largest absolute Gasteiger partial charge is 0.416 e. The summed E-state index contributed by atoms with van der Waals surface area (Å²) in [6.07, 6.45) is 5.10. The van der Waals surface area contributed by atoms with Crippen LogP contribution in [0.2, 0.25) is 0 Å². The number of aliphatic hydroxyl groups is 1. The number of hydrogen-bond acceptors (Lipinski definition) is 4. The van der Waals surface area contributed by atoms with E-state index in [0.717, 1.165) is 67.0 Å². The summed E-state index contributed by atoms with van der Waals surface area (Å²) >= 11 is 0. The molecule has 3 aromatic rings. The Bertz CT molecular complexity index is 1230. The number of pyridine rings is 1. The highest BCUT2D eigenvalue weighted by molar-refractivity contribution is 5.67. The highest BCUT2D eigenvalue weighted by Gasteiger charge is 2.32. The smallest absolute Gasteiger partial charge is 0.389 e. The maximum absolute atomic E-state index is 13.0. The summed E-state index contributed by atoms with van der Waals surface area (Å²) in [7, 11) is 0. The van der Waals surface area contributed by atoms with E-state index < -0.39 is 17.8 Å². The van der Waals surface area contributed by atoms with Gasteiger partial charge in [-0.2, -0.15) is 13.2 Å². The highest BCUT2D eigenvalue weighted by atomic mass is 19.4. The van der Waals surface area contributed by atoms with Crippen LogP contribution < -0.4 is 10.2 Å². The summed E-state index contributed by atoms with van der Waals surface area (Å²) in [5, 5.41) is 13.7. The summed E-state index contributed by atoms with van der Waals surface area (Å²) in [5.41, 5.74) is 3.31. The molecule has 0 radical (unpaired) electrons. The summed E-state index contributed by atoms with van der Waals surface area (Å²) in [6.45, 7) is 3.56. The van der Waals surface area contributed by atoms with E-state index >= 15 is 0 Å². The monoisotopic (exact) mass is 537 g/mol. The Hall–Kier alpha value is -3.06. The predicted molar refractivity (Wildman–Crippen MR) is 151 cm³/mol. The number of rotatable bonds is 7. The molecule has 2 fully saturated rings. The zero-order valence-electron chi connectivity index (χ0n) is 22.5. The van der Waals surface area contributed by atoms with E-state index in [1.165, 1.54) is 31.4 Å². The van der Waals surface area contributed by atoms with Crippen LogP contribution in [0.3, 0.4) is 0 Å². The third-order valence-corrected chi connectivity index (χ3v) is 8.42. The van der Waals surface area contributed by atoms with Gasteiger partial charge in [0.05, 0.1) is 11.7 Å². The van der Waals surface area contributed by atoms with Crippen LogP contribution >= 0.6 is 0 Å². The molecule has 1 saturated heterocycles. The fourth-order valence-corrected chi connectivity index (χ4v) is 6.32. The van der Waals surface area contributed by atoms with Crippen molar-refractivity contribution in [3.05, 3.63) is 78.0 Å². The first kappa shape index (κ1) is 27.5. The Morgan fingerprint density at radius 2 is 1.74 bits per heavy atom. The van der Waals surface area contributed by atoms with Gasteiger partial charge in [-0.25, -0.2) is 4.98 Å². The molecule has 2 heterocycles. The number of piperidine rings is 1. The minimum atomic E-state index is -4.30. The predicted octanol–water partition coefficient (Wildman–Crippen LogP) is 8.10. The molecule has 39 heavy (non-hydrogen) atoms. The number of nitrogens with one attached hydrogen (secondary N) is 1. The van der Waals surface area contributed by atoms with Gasteiger partial charge in [-0.15, -0.1) is 0 Å². The number of aliphatic hydroxyl groups excluding tert-OH is 1. The van der Waals surface area contributed by atoms with E-state index in [9.17, 15) is 18.3 Å². The Balaban J connectivity index is 1.24. The van der Waals surface area contributed by atoms with Crippen LogP contribution in [-0.2, 0) is 6.18 Å². The van der Waals surface area contributed by atoms with Crippen molar-refractivity contribution in [3.63, 3.8) is 0 Å². The molecule has 0 spiro atoms. The molecule has 2 N–H and O–H groups in total. The Morgan fingerprint density at radius 3 is 2.51 bits per heavy atom. The SMILES string of the molecule is C[C@H](O)c1cccc(-c2ccnc(N[C@@H]3CCCC[C@H]3C[C@H]3CCCN(c4ccc(C(F)(F)F)cc4)C3)c2)c1. The second kappa shape index (κ2) is 12.0. The number of hydrogen-bond donors (Lipinski definition) is 2. The Labute approximate surface area is 229 Å². The zero-order chi connectivity index (χ0) is 27.4. The summed E-state index contributed by atoms with van der Waals surface area (Å²) < 4.78 is 39.0. The van der Waals surface area contributed by atoms with Crippen LogP contribution in [-0.4, -0.2) is 29.2 Å². The normalized spacial score (nSPS) is 22.9. The Morgan fingerprint density at radius 1 is 0.974 bits per heavy atom. The van der Waals surface area contributed by atoms with Crippen molar-refractivity contribution >= 4 is 11.5 Å². The highest BCUT2D eigenvalue weighted by Crippen LogP contribution is 2.36. The molecule has 1 saturated carbocycles. The molecule has 0 unspecified atom stereocenters. The van der Waals surface area contributed by atoms with E-state index in [-0.39, 0.29) is 0 Å². The van der Waals surface area contributed by atoms with E-state index in [1.54, 1.807) is 19.1 Å². The van der Waals surface area contributed by atoms with Crippen LogP contribution in [0.5, 0.6) is 0 Å². The van der Waals surface area contributed by atoms with Gasteiger partial charge >= 0.3 is 6.18 Å². The van der Waals surface area contributed by atoms with E-state index in [1.807, 2.05) is 30.5 Å². The fourth-order valence-electron chi connectivity index (χ4n) is 6.32. The summed E-state index contributed by atoms with van der Waals surface area (Å²) in [4.78, 5) is 6.88. The van der Waals surface area contributed by atoms with Crippen molar-refractivity contribution in [2.45, 2.75) is 70.2 Å². The zero-order valence-corrected chi connectivity index (χ0v) is 22.5. The van der Waals surface area contributed by atoms with Gasteiger partial charge in [0.25, 0.3) is 0 Å². The van der Waals surface area contributed by atoms with Crippen molar-refractivity contribution in [3.8, 4) is 11.1 Å². The molecule has 208 valence electrons. The number of aromatic nitrogens is 1. The maximum Gasteiger partial charge on any atom is 0.416 e. The lowest BCUT2D eigenvalue weighted by Gasteiger charge is -2.39. The van der Waals surface area contributed by atoms with Crippen LogP contribution in [0.15, 0.2) is 66.9 Å². The van der Waals surface area contributed by atoms with Gasteiger partial charge in [0.2, 0.25) is 0 Å². The first-order valence-electron chi connectivity index (χ1n) is 14.2.